The molecule has 0 heterocycles. The number of sulfonamides is 1. The van der Waals surface area contributed by atoms with Gasteiger partial charge in [0.05, 0.1) is 17.8 Å². The van der Waals surface area contributed by atoms with Crippen LogP contribution in [0.3, 0.4) is 0 Å². The Balaban J connectivity index is 4.86. The van der Waals surface area contributed by atoms with Crippen LogP contribution >= 0.6 is 0 Å². The van der Waals surface area contributed by atoms with Gasteiger partial charge in [-0.3, -0.25) is 4.79 Å². The van der Waals surface area contributed by atoms with Crippen LogP contribution in [0.2, 0.25) is 0 Å². The van der Waals surface area contributed by atoms with Crippen LogP contribution < -0.4 is 0 Å². The Morgan fingerprint density at radius 1 is 1.23 bits per heavy atom. The van der Waals surface area contributed by atoms with E-state index >= 15 is 0 Å². The molecular weight excluding hydrogens is 306 g/mol. The second-order valence-corrected chi connectivity index (χ2v) is 8.52. The summed E-state index contributed by atoms with van der Waals surface area (Å²) in [5.74, 6) is -0.326. The molecule has 0 aromatic heterocycles. The van der Waals surface area contributed by atoms with E-state index in [4.69, 9.17) is 9.47 Å². The number of ether oxygens (including phenoxy) is 2. The zero-order valence-electron chi connectivity index (χ0n) is 14.9. The fraction of sp³-hybridized carbons (Fsp3) is 0.933. The Kier molecular flexibility index (Phi) is 8.57. The molecule has 0 rings (SSSR count). The predicted molar refractivity (Wildman–Crippen MR) is 87.1 cm³/mol. The normalized spacial score (nSPS) is 15.6. The molecular formula is C15H31NO5S. The number of hydrogen-bond donors (Lipinski definition) is 0. The summed E-state index contributed by atoms with van der Waals surface area (Å²) in [5.41, 5.74) is -0.595. The summed E-state index contributed by atoms with van der Waals surface area (Å²) >= 11 is 0. The Morgan fingerprint density at radius 2 is 1.77 bits per heavy atom. The van der Waals surface area contributed by atoms with E-state index < -0.39 is 21.5 Å². The second kappa shape index (κ2) is 8.84. The molecule has 0 aromatic carbocycles. The number of rotatable bonds is 9. The summed E-state index contributed by atoms with van der Waals surface area (Å²) < 4.78 is 35.8. The van der Waals surface area contributed by atoms with Crippen molar-refractivity contribution < 1.29 is 22.7 Å². The third-order valence-corrected chi connectivity index (χ3v) is 4.59. The monoisotopic (exact) mass is 337 g/mol. The van der Waals surface area contributed by atoms with Gasteiger partial charge in [0.1, 0.15) is 12.7 Å². The summed E-state index contributed by atoms with van der Waals surface area (Å²) in [4.78, 5) is 11.9. The smallest absolute Gasteiger partial charge is 0.311 e. The minimum absolute atomic E-state index is 0.0309. The molecule has 0 spiro atoms. The molecule has 7 heteroatoms. The van der Waals surface area contributed by atoms with Gasteiger partial charge in [-0.25, -0.2) is 8.42 Å². The average molecular weight is 337 g/mol. The molecule has 0 aromatic rings. The van der Waals surface area contributed by atoms with Gasteiger partial charge in [0.25, 0.3) is 0 Å². The molecule has 0 aliphatic rings. The minimum atomic E-state index is -3.31. The Hall–Kier alpha value is -0.660. The maximum Gasteiger partial charge on any atom is 0.311 e. The first kappa shape index (κ1) is 21.3. The van der Waals surface area contributed by atoms with E-state index in [2.05, 4.69) is 0 Å². The standard InChI is InChI=1S/C15H31NO5S/c1-8-12(3)21-13(10-16(9-2)22(7,18)19)11-20-14(17)15(4,5)6/h12-13H,8-11H2,1-7H3/t12-,13-/m0/s1. The maximum absolute atomic E-state index is 11.9. The Labute approximate surface area is 135 Å². The van der Waals surface area contributed by atoms with E-state index in [-0.39, 0.29) is 25.2 Å². The van der Waals surface area contributed by atoms with E-state index in [1.165, 1.54) is 4.31 Å². The third kappa shape index (κ3) is 8.10. The van der Waals surface area contributed by atoms with E-state index in [0.29, 0.717) is 6.54 Å². The zero-order valence-corrected chi connectivity index (χ0v) is 15.7. The number of carbonyl (C=O) groups excluding carboxylic acids is 1. The van der Waals surface area contributed by atoms with Crippen LogP contribution in [0.25, 0.3) is 0 Å². The predicted octanol–water partition coefficient (Wildman–Crippen LogP) is 2.04. The molecule has 132 valence electrons. The van der Waals surface area contributed by atoms with E-state index in [1.54, 1.807) is 27.7 Å². The van der Waals surface area contributed by atoms with Crippen molar-refractivity contribution in [3.8, 4) is 0 Å². The summed E-state index contributed by atoms with van der Waals surface area (Å²) in [6.07, 6.45) is 1.46. The lowest BCUT2D eigenvalue weighted by Crippen LogP contribution is -2.42. The molecule has 0 aliphatic carbocycles. The fourth-order valence-corrected chi connectivity index (χ4v) is 2.58. The van der Waals surface area contributed by atoms with Crippen molar-refractivity contribution in [3.05, 3.63) is 0 Å². The molecule has 0 unspecified atom stereocenters. The number of nitrogens with zero attached hydrogens (tertiary/aromatic N) is 1. The fourth-order valence-electron chi connectivity index (χ4n) is 1.67. The van der Waals surface area contributed by atoms with Gasteiger partial charge in [0.15, 0.2) is 0 Å². The van der Waals surface area contributed by atoms with Gasteiger partial charge in [-0.05, 0) is 34.1 Å². The zero-order chi connectivity index (χ0) is 17.6. The van der Waals surface area contributed by atoms with Gasteiger partial charge in [0, 0.05) is 13.1 Å². The van der Waals surface area contributed by atoms with Gasteiger partial charge in [-0.1, -0.05) is 13.8 Å². The molecule has 0 saturated heterocycles. The van der Waals surface area contributed by atoms with E-state index in [0.717, 1.165) is 12.7 Å². The lowest BCUT2D eigenvalue weighted by Gasteiger charge is -2.28. The largest absolute Gasteiger partial charge is 0.462 e. The Morgan fingerprint density at radius 3 is 2.14 bits per heavy atom. The highest BCUT2D eigenvalue weighted by Gasteiger charge is 2.27. The van der Waals surface area contributed by atoms with Crippen molar-refractivity contribution in [1.29, 1.82) is 0 Å². The summed E-state index contributed by atoms with van der Waals surface area (Å²) in [6, 6.07) is 0. The van der Waals surface area contributed by atoms with Crippen molar-refractivity contribution in [1.82, 2.24) is 4.31 Å². The van der Waals surface area contributed by atoms with Crippen molar-refractivity contribution >= 4 is 16.0 Å². The van der Waals surface area contributed by atoms with Crippen LogP contribution in [0.5, 0.6) is 0 Å². The number of esters is 1. The summed E-state index contributed by atoms with van der Waals surface area (Å²) in [5, 5.41) is 0. The molecule has 0 aliphatic heterocycles. The first-order chi connectivity index (χ1) is 9.91. The van der Waals surface area contributed by atoms with E-state index in [9.17, 15) is 13.2 Å². The minimum Gasteiger partial charge on any atom is -0.462 e. The molecule has 0 radical (unpaired) electrons. The van der Waals surface area contributed by atoms with Crippen LogP contribution in [0, 0.1) is 5.41 Å². The van der Waals surface area contributed by atoms with Crippen molar-refractivity contribution in [2.75, 3.05) is 26.0 Å². The van der Waals surface area contributed by atoms with Crippen LogP contribution in [0.4, 0.5) is 0 Å². The Bertz CT molecular complexity index is 441. The quantitative estimate of drug-likeness (QED) is 0.602. The first-order valence-electron chi connectivity index (χ1n) is 7.69. The number of hydrogen-bond acceptors (Lipinski definition) is 5. The lowest BCUT2D eigenvalue weighted by atomic mass is 9.97. The van der Waals surface area contributed by atoms with Crippen molar-refractivity contribution in [3.63, 3.8) is 0 Å². The molecule has 0 N–H and O–H groups in total. The molecule has 22 heavy (non-hydrogen) atoms. The highest BCUT2D eigenvalue weighted by molar-refractivity contribution is 7.88. The third-order valence-electron chi connectivity index (χ3n) is 3.24. The molecule has 0 fully saturated rings. The van der Waals surface area contributed by atoms with Crippen LogP contribution in [-0.2, 0) is 24.3 Å². The topological polar surface area (TPSA) is 72.9 Å². The SMILES string of the molecule is CC[C@H](C)O[C@H](COC(=O)C(C)(C)C)CN(CC)S(C)(=O)=O. The van der Waals surface area contributed by atoms with Gasteiger partial charge in [-0.2, -0.15) is 4.31 Å². The van der Waals surface area contributed by atoms with Gasteiger partial charge in [-0.15, -0.1) is 0 Å². The molecule has 2 atom stereocenters. The number of carbonyl (C=O) groups is 1. The average Bonchev–Trinajstić information content (AvgIpc) is 2.38. The summed E-state index contributed by atoms with van der Waals surface area (Å²) in [6.45, 7) is 11.6. The van der Waals surface area contributed by atoms with Crippen LogP contribution in [0.1, 0.15) is 48.0 Å². The first-order valence-corrected chi connectivity index (χ1v) is 9.54. The maximum atomic E-state index is 11.9. The van der Waals surface area contributed by atoms with Gasteiger partial charge >= 0.3 is 5.97 Å². The molecule has 6 nitrogen and oxygen atoms in total. The highest BCUT2D eigenvalue weighted by atomic mass is 32.2. The lowest BCUT2D eigenvalue weighted by molar-refractivity contribution is -0.158. The van der Waals surface area contributed by atoms with Crippen LogP contribution in [0.15, 0.2) is 0 Å². The van der Waals surface area contributed by atoms with Gasteiger partial charge < -0.3 is 9.47 Å². The second-order valence-electron chi connectivity index (χ2n) is 6.54. The molecule has 0 amide bonds. The van der Waals surface area contributed by atoms with E-state index in [1.807, 2.05) is 13.8 Å². The highest BCUT2D eigenvalue weighted by Crippen LogP contribution is 2.16. The summed E-state index contributed by atoms with van der Waals surface area (Å²) in [7, 11) is -3.31. The van der Waals surface area contributed by atoms with Crippen molar-refractivity contribution in [2.24, 2.45) is 5.41 Å². The number of likely N-dealkylation sites (N-methyl/N-ethyl adjacent to an activating group) is 1. The van der Waals surface area contributed by atoms with Crippen molar-refractivity contribution in [2.45, 2.75) is 60.2 Å². The van der Waals surface area contributed by atoms with Gasteiger partial charge in [0.2, 0.25) is 10.0 Å². The van der Waals surface area contributed by atoms with Crippen LogP contribution in [-0.4, -0.2) is 56.9 Å². The molecule has 0 saturated carbocycles. The molecule has 0 bridgehead atoms.